The molecule has 0 spiro atoms. The van der Waals surface area contributed by atoms with E-state index in [-0.39, 0.29) is 24.3 Å². The molecule has 1 N–H and O–H groups in total. The van der Waals surface area contributed by atoms with Crippen molar-refractivity contribution in [3.8, 4) is 17.3 Å². The Morgan fingerprint density at radius 1 is 1.21 bits per heavy atom. The fourth-order valence-corrected chi connectivity index (χ4v) is 2.12. The Balaban J connectivity index is 2.63. The molecule has 0 aliphatic heterocycles. The third-order valence-corrected chi connectivity index (χ3v) is 3.29. The summed E-state index contributed by atoms with van der Waals surface area (Å²) in [7, 11) is 0. The highest BCUT2D eigenvalue weighted by Crippen LogP contribution is 2.21. The van der Waals surface area contributed by atoms with E-state index in [1.165, 1.54) is 10.6 Å². The van der Waals surface area contributed by atoms with Crippen molar-refractivity contribution in [1.29, 1.82) is 5.26 Å². The number of pyridine rings is 1. The standard InChI is InChI=1S/C14H11BrN2O2/c15-12-4-1-10(2-5-12)13-6-3-11(9-16)14(19)17(13)7-8-18/h1-6,18H,7-8H2. The first-order valence-electron chi connectivity index (χ1n) is 5.68. The lowest BCUT2D eigenvalue weighted by atomic mass is 10.1. The van der Waals surface area contributed by atoms with Gasteiger partial charge < -0.3 is 9.67 Å². The zero-order valence-electron chi connectivity index (χ0n) is 10.0. The Labute approximate surface area is 118 Å². The third-order valence-electron chi connectivity index (χ3n) is 2.76. The summed E-state index contributed by atoms with van der Waals surface area (Å²) in [6.45, 7) is 0.0120. The van der Waals surface area contributed by atoms with E-state index in [9.17, 15) is 4.79 Å². The van der Waals surface area contributed by atoms with Gasteiger partial charge in [-0.3, -0.25) is 4.79 Å². The van der Waals surface area contributed by atoms with Crippen molar-refractivity contribution in [3.05, 3.63) is 56.8 Å². The molecule has 2 rings (SSSR count). The molecule has 0 unspecified atom stereocenters. The molecule has 1 aromatic carbocycles. The molecule has 0 amide bonds. The summed E-state index contributed by atoms with van der Waals surface area (Å²) in [5.74, 6) is 0. The lowest BCUT2D eigenvalue weighted by Gasteiger charge is -2.12. The smallest absolute Gasteiger partial charge is 0.269 e. The molecule has 4 nitrogen and oxygen atoms in total. The Kier molecular flexibility index (Phi) is 4.15. The first-order chi connectivity index (χ1) is 9.17. The van der Waals surface area contributed by atoms with Crippen LogP contribution in [-0.4, -0.2) is 16.3 Å². The van der Waals surface area contributed by atoms with Crippen LogP contribution in [0.25, 0.3) is 11.3 Å². The van der Waals surface area contributed by atoms with Gasteiger partial charge >= 0.3 is 0 Å². The van der Waals surface area contributed by atoms with Gasteiger partial charge in [0.05, 0.1) is 12.3 Å². The summed E-state index contributed by atoms with van der Waals surface area (Å²) in [5, 5.41) is 17.9. The van der Waals surface area contributed by atoms with Crippen molar-refractivity contribution in [2.24, 2.45) is 0 Å². The van der Waals surface area contributed by atoms with Gasteiger partial charge in [-0.25, -0.2) is 0 Å². The molecule has 0 aliphatic rings. The number of halogens is 1. The van der Waals surface area contributed by atoms with Crippen LogP contribution < -0.4 is 5.56 Å². The average molecular weight is 319 g/mol. The Morgan fingerprint density at radius 2 is 1.89 bits per heavy atom. The van der Waals surface area contributed by atoms with Crippen LogP contribution >= 0.6 is 15.9 Å². The fraction of sp³-hybridized carbons (Fsp3) is 0.143. The van der Waals surface area contributed by atoms with Crippen LogP contribution in [0.4, 0.5) is 0 Å². The van der Waals surface area contributed by atoms with E-state index in [4.69, 9.17) is 10.4 Å². The van der Waals surface area contributed by atoms with Crippen molar-refractivity contribution in [2.75, 3.05) is 6.61 Å². The number of hydrogen-bond donors (Lipinski definition) is 1. The number of rotatable bonds is 3. The molecule has 1 heterocycles. The Morgan fingerprint density at radius 3 is 2.47 bits per heavy atom. The SMILES string of the molecule is N#Cc1ccc(-c2ccc(Br)cc2)n(CCO)c1=O. The summed E-state index contributed by atoms with van der Waals surface area (Å²) in [5.41, 5.74) is 1.25. The summed E-state index contributed by atoms with van der Waals surface area (Å²) in [6, 6.07) is 12.6. The number of benzene rings is 1. The number of aromatic nitrogens is 1. The van der Waals surface area contributed by atoms with Crippen LogP contribution in [-0.2, 0) is 6.54 Å². The highest BCUT2D eigenvalue weighted by Gasteiger charge is 2.09. The Bertz CT molecular complexity index is 684. The monoisotopic (exact) mass is 318 g/mol. The van der Waals surface area contributed by atoms with E-state index in [1.807, 2.05) is 30.3 Å². The first kappa shape index (κ1) is 13.5. The molecule has 0 bridgehead atoms. The fourth-order valence-electron chi connectivity index (χ4n) is 1.86. The van der Waals surface area contributed by atoms with Gasteiger partial charge in [0.15, 0.2) is 0 Å². The van der Waals surface area contributed by atoms with Crippen molar-refractivity contribution in [2.45, 2.75) is 6.54 Å². The molecule has 19 heavy (non-hydrogen) atoms. The topological polar surface area (TPSA) is 66.0 Å². The normalized spacial score (nSPS) is 10.2. The lowest BCUT2D eigenvalue weighted by Crippen LogP contribution is -2.25. The second-order valence-corrected chi connectivity index (χ2v) is 4.85. The van der Waals surface area contributed by atoms with Gasteiger partial charge in [-0.2, -0.15) is 5.26 Å². The second-order valence-electron chi connectivity index (χ2n) is 3.93. The van der Waals surface area contributed by atoms with Gasteiger partial charge in [-0.1, -0.05) is 28.1 Å². The first-order valence-corrected chi connectivity index (χ1v) is 6.47. The molecule has 5 heteroatoms. The summed E-state index contributed by atoms with van der Waals surface area (Å²) in [6.07, 6.45) is 0. The number of aliphatic hydroxyl groups excluding tert-OH is 1. The van der Waals surface area contributed by atoms with E-state index in [2.05, 4.69) is 15.9 Å². The van der Waals surface area contributed by atoms with Gasteiger partial charge in [0.1, 0.15) is 11.6 Å². The number of nitriles is 1. The highest BCUT2D eigenvalue weighted by molar-refractivity contribution is 9.10. The predicted octanol–water partition coefficient (Wildman–Crippen LogP) is 2.14. The van der Waals surface area contributed by atoms with Crippen LogP contribution in [0.3, 0.4) is 0 Å². The van der Waals surface area contributed by atoms with E-state index >= 15 is 0 Å². The zero-order chi connectivity index (χ0) is 13.8. The number of hydrogen-bond acceptors (Lipinski definition) is 3. The highest BCUT2D eigenvalue weighted by atomic mass is 79.9. The molecule has 96 valence electrons. The van der Waals surface area contributed by atoms with E-state index in [0.717, 1.165) is 10.0 Å². The van der Waals surface area contributed by atoms with E-state index < -0.39 is 0 Å². The second kappa shape index (κ2) is 5.83. The van der Waals surface area contributed by atoms with Gasteiger partial charge in [0.25, 0.3) is 5.56 Å². The van der Waals surface area contributed by atoms with Gasteiger partial charge in [0, 0.05) is 11.0 Å². The van der Waals surface area contributed by atoms with E-state index in [0.29, 0.717) is 5.69 Å². The number of nitrogens with zero attached hydrogens (tertiary/aromatic N) is 2. The maximum Gasteiger partial charge on any atom is 0.269 e. The summed E-state index contributed by atoms with van der Waals surface area (Å²) >= 11 is 3.35. The maximum absolute atomic E-state index is 12.1. The lowest BCUT2D eigenvalue weighted by molar-refractivity contribution is 0.275. The minimum Gasteiger partial charge on any atom is -0.395 e. The minimum atomic E-state index is -0.378. The summed E-state index contributed by atoms with van der Waals surface area (Å²) < 4.78 is 2.36. The molecular formula is C14H11BrN2O2. The quantitative estimate of drug-likeness (QED) is 0.942. The molecule has 0 saturated carbocycles. The van der Waals surface area contributed by atoms with Crippen LogP contribution in [0.5, 0.6) is 0 Å². The van der Waals surface area contributed by atoms with E-state index in [1.54, 1.807) is 6.07 Å². The van der Waals surface area contributed by atoms with Crippen LogP contribution in [0.2, 0.25) is 0 Å². The molecule has 0 atom stereocenters. The van der Waals surface area contributed by atoms with Crippen molar-refractivity contribution < 1.29 is 5.11 Å². The van der Waals surface area contributed by atoms with Crippen molar-refractivity contribution >= 4 is 15.9 Å². The maximum atomic E-state index is 12.1. The van der Waals surface area contributed by atoms with Gasteiger partial charge in [-0.05, 0) is 29.8 Å². The third kappa shape index (κ3) is 2.75. The van der Waals surface area contributed by atoms with Crippen LogP contribution in [0, 0.1) is 11.3 Å². The summed E-state index contributed by atoms with van der Waals surface area (Å²) in [4.78, 5) is 12.1. The minimum absolute atomic E-state index is 0.0781. The molecule has 1 aromatic heterocycles. The number of aliphatic hydroxyl groups is 1. The van der Waals surface area contributed by atoms with Crippen molar-refractivity contribution in [1.82, 2.24) is 4.57 Å². The van der Waals surface area contributed by atoms with Gasteiger partial charge in [-0.15, -0.1) is 0 Å². The van der Waals surface area contributed by atoms with Gasteiger partial charge in [0.2, 0.25) is 0 Å². The zero-order valence-corrected chi connectivity index (χ0v) is 11.6. The van der Waals surface area contributed by atoms with Crippen molar-refractivity contribution in [3.63, 3.8) is 0 Å². The Hall–Kier alpha value is -1.90. The average Bonchev–Trinajstić information content (AvgIpc) is 2.42. The van der Waals surface area contributed by atoms with Crippen LogP contribution in [0.15, 0.2) is 45.7 Å². The van der Waals surface area contributed by atoms with Crippen LogP contribution in [0.1, 0.15) is 5.56 Å². The largest absolute Gasteiger partial charge is 0.395 e. The molecule has 2 aromatic rings. The molecular weight excluding hydrogens is 308 g/mol. The molecule has 0 fully saturated rings. The predicted molar refractivity (Wildman–Crippen MR) is 75.6 cm³/mol. The molecule has 0 radical (unpaired) electrons. The molecule has 0 aliphatic carbocycles. The molecule has 0 saturated heterocycles.